The van der Waals surface area contributed by atoms with Crippen molar-refractivity contribution in [1.29, 1.82) is 5.26 Å². The first-order valence-electron chi connectivity index (χ1n) is 11.9. The molecule has 3 aromatic rings. The van der Waals surface area contributed by atoms with Crippen LogP contribution in [0.2, 0.25) is 0 Å². The summed E-state index contributed by atoms with van der Waals surface area (Å²) in [6.45, 7) is 1.31. The largest absolute Gasteiger partial charge is 0.436 e. The quantitative estimate of drug-likeness (QED) is 0.337. The van der Waals surface area contributed by atoms with Crippen LogP contribution in [0.1, 0.15) is 36.7 Å². The molecule has 38 heavy (non-hydrogen) atoms. The van der Waals surface area contributed by atoms with Gasteiger partial charge in [0.25, 0.3) is 0 Å². The maximum absolute atomic E-state index is 13.6. The van der Waals surface area contributed by atoms with Crippen LogP contribution < -0.4 is 0 Å². The Labute approximate surface area is 216 Å². The molecule has 2 atom stereocenters. The van der Waals surface area contributed by atoms with Gasteiger partial charge in [0.05, 0.1) is 23.6 Å². The molecular formula is C25H24F4N6O2S. The van der Waals surface area contributed by atoms with E-state index in [-0.39, 0.29) is 18.3 Å². The number of nitrogens with zero attached hydrogens (tertiary/aromatic N) is 6. The molecule has 1 aromatic carbocycles. The first kappa shape index (κ1) is 26.1. The van der Waals surface area contributed by atoms with E-state index in [1.165, 1.54) is 19.2 Å². The Bertz CT molecular complexity index is 1570. The summed E-state index contributed by atoms with van der Waals surface area (Å²) in [7, 11) is -3.45. The fourth-order valence-corrected chi connectivity index (χ4v) is 7.15. The van der Waals surface area contributed by atoms with E-state index in [0.717, 1.165) is 32.0 Å². The third kappa shape index (κ3) is 4.31. The molecule has 0 spiro atoms. The Morgan fingerprint density at radius 1 is 1.26 bits per heavy atom. The summed E-state index contributed by atoms with van der Waals surface area (Å²) in [4.78, 5) is -0.965. The number of hydrogen-bond acceptors (Lipinski definition) is 5. The minimum Gasteiger partial charge on any atom is -0.274 e. The van der Waals surface area contributed by atoms with Gasteiger partial charge < -0.3 is 0 Å². The molecule has 13 heteroatoms. The van der Waals surface area contributed by atoms with E-state index in [1.807, 2.05) is 13.0 Å². The molecule has 0 saturated heterocycles. The molecule has 2 aromatic heterocycles. The van der Waals surface area contributed by atoms with Gasteiger partial charge in [-0.15, -0.1) is 0 Å². The van der Waals surface area contributed by atoms with Gasteiger partial charge in [0.2, 0.25) is 10.0 Å². The SMILES string of the molecule is Cn1cc(S(=O)(=O)N(CC#N)C[C@H]2CCC3=Cc4c(cnn4-c4ccc(F)cc4)C[C@@]32C)c(C(F)(F)F)n1. The minimum absolute atomic E-state index is 0.114. The first-order chi connectivity index (χ1) is 17.8. The second kappa shape index (κ2) is 9.06. The highest BCUT2D eigenvalue weighted by Gasteiger charge is 2.48. The van der Waals surface area contributed by atoms with Gasteiger partial charge in [0.1, 0.15) is 17.3 Å². The van der Waals surface area contributed by atoms with Gasteiger partial charge in [-0.3, -0.25) is 4.68 Å². The van der Waals surface area contributed by atoms with Gasteiger partial charge >= 0.3 is 6.18 Å². The van der Waals surface area contributed by atoms with E-state index in [2.05, 4.69) is 10.2 Å². The molecule has 0 amide bonds. The molecule has 0 N–H and O–H groups in total. The number of rotatable bonds is 6. The summed E-state index contributed by atoms with van der Waals surface area (Å²) in [5.41, 5.74) is 1.58. The van der Waals surface area contributed by atoms with Crippen molar-refractivity contribution in [3.63, 3.8) is 0 Å². The van der Waals surface area contributed by atoms with Crippen LogP contribution in [0.5, 0.6) is 0 Å². The van der Waals surface area contributed by atoms with Crippen molar-refractivity contribution in [3.8, 4) is 11.8 Å². The normalized spacial score (nSPS) is 21.2. The Hall–Kier alpha value is -3.50. The van der Waals surface area contributed by atoms with E-state index >= 15 is 0 Å². The zero-order chi connectivity index (χ0) is 27.5. The number of nitriles is 1. The van der Waals surface area contributed by atoms with Gasteiger partial charge in [-0.25, -0.2) is 17.5 Å². The van der Waals surface area contributed by atoms with Crippen molar-refractivity contribution in [2.45, 2.75) is 37.3 Å². The minimum atomic E-state index is -4.97. The van der Waals surface area contributed by atoms with Gasteiger partial charge in [0, 0.05) is 19.8 Å². The predicted molar refractivity (Wildman–Crippen MR) is 129 cm³/mol. The highest BCUT2D eigenvalue weighted by Crippen LogP contribution is 2.53. The van der Waals surface area contributed by atoms with Crippen molar-refractivity contribution in [2.24, 2.45) is 18.4 Å². The monoisotopic (exact) mass is 548 g/mol. The Morgan fingerprint density at radius 3 is 2.63 bits per heavy atom. The fraction of sp³-hybridized carbons (Fsp3) is 0.400. The molecule has 0 unspecified atom stereocenters. The molecule has 8 nitrogen and oxygen atoms in total. The summed E-state index contributed by atoms with van der Waals surface area (Å²) < 4.78 is 84.2. The van der Waals surface area contributed by atoms with Gasteiger partial charge in [0.15, 0.2) is 5.69 Å². The highest BCUT2D eigenvalue weighted by atomic mass is 32.2. The molecule has 0 radical (unpaired) electrons. The zero-order valence-electron chi connectivity index (χ0n) is 20.6. The van der Waals surface area contributed by atoms with Crippen LogP contribution in [0.3, 0.4) is 0 Å². The van der Waals surface area contributed by atoms with Crippen LogP contribution >= 0.6 is 0 Å². The zero-order valence-corrected chi connectivity index (χ0v) is 21.4. The maximum Gasteiger partial charge on any atom is 0.436 e. The smallest absolute Gasteiger partial charge is 0.274 e. The van der Waals surface area contributed by atoms with E-state index in [0.29, 0.717) is 24.9 Å². The van der Waals surface area contributed by atoms with Crippen molar-refractivity contribution in [3.05, 3.63) is 65.0 Å². The standard InChI is InChI=1S/C25H24F4N6O2S/c1-24-12-16-13-31-35(20-7-5-19(26)6-8-20)21(16)11-17(24)3-4-18(24)14-34(10-9-30)38(36,37)22-15-33(2)32-23(22)25(27,28)29/h5-8,11,13,15,18H,3-4,10,12,14H2,1-2H3/t18-,24+/m1/s1. The molecule has 2 heterocycles. The van der Waals surface area contributed by atoms with Gasteiger partial charge in [-0.1, -0.05) is 12.5 Å². The number of alkyl halides is 3. The van der Waals surface area contributed by atoms with Crippen LogP contribution in [0.4, 0.5) is 17.6 Å². The van der Waals surface area contributed by atoms with Crippen molar-refractivity contribution in [2.75, 3.05) is 13.1 Å². The third-order valence-electron chi connectivity index (χ3n) is 7.58. The summed E-state index contributed by atoms with van der Waals surface area (Å²) in [6, 6.07) is 7.76. The summed E-state index contributed by atoms with van der Waals surface area (Å²) in [6.07, 6.45) is 1.40. The van der Waals surface area contributed by atoms with Gasteiger partial charge in [-0.2, -0.15) is 32.9 Å². The van der Waals surface area contributed by atoms with Gasteiger partial charge in [-0.05, 0) is 66.5 Å². The average molecular weight is 549 g/mol. The molecule has 0 bridgehead atoms. The van der Waals surface area contributed by atoms with Crippen LogP contribution in [0, 0.1) is 28.5 Å². The fourth-order valence-electron chi connectivity index (χ4n) is 5.58. The average Bonchev–Trinajstić information content (AvgIpc) is 3.53. The molecule has 0 aliphatic heterocycles. The number of allylic oxidation sites excluding steroid dienone is 1. The predicted octanol–water partition coefficient (Wildman–Crippen LogP) is 4.33. The summed E-state index contributed by atoms with van der Waals surface area (Å²) in [5.74, 6) is -0.602. The van der Waals surface area contributed by atoms with E-state index in [1.54, 1.807) is 29.1 Å². The summed E-state index contributed by atoms with van der Waals surface area (Å²) >= 11 is 0. The Morgan fingerprint density at radius 2 is 1.97 bits per heavy atom. The Kier molecular flexibility index (Phi) is 6.23. The van der Waals surface area contributed by atoms with E-state index in [9.17, 15) is 31.2 Å². The number of fused-ring (bicyclic) bond motifs is 2. The number of hydrogen-bond donors (Lipinski definition) is 0. The number of sulfonamides is 1. The molecule has 2 aliphatic rings. The number of aromatic nitrogens is 4. The first-order valence-corrected chi connectivity index (χ1v) is 13.3. The molecule has 5 rings (SSSR count). The topological polar surface area (TPSA) is 96.8 Å². The lowest BCUT2D eigenvalue weighted by Crippen LogP contribution is -2.41. The van der Waals surface area contributed by atoms with Crippen LogP contribution in [-0.4, -0.2) is 45.4 Å². The second-order valence-corrected chi connectivity index (χ2v) is 11.8. The second-order valence-electron chi connectivity index (χ2n) is 9.91. The summed E-state index contributed by atoms with van der Waals surface area (Å²) in [5, 5.41) is 17.2. The molecule has 200 valence electrons. The van der Waals surface area contributed by atoms with Crippen molar-refractivity contribution >= 4 is 16.1 Å². The maximum atomic E-state index is 13.6. The molecule has 2 aliphatic carbocycles. The molecule has 1 saturated carbocycles. The number of halogens is 4. The Balaban J connectivity index is 1.46. The van der Waals surface area contributed by atoms with Crippen LogP contribution in [0.15, 0.2) is 47.1 Å². The number of aryl methyl sites for hydroxylation is 1. The molecular weight excluding hydrogens is 524 g/mol. The van der Waals surface area contributed by atoms with Crippen molar-refractivity contribution < 1.29 is 26.0 Å². The molecule has 1 fully saturated rings. The lowest BCUT2D eigenvalue weighted by atomic mass is 9.70. The lowest BCUT2D eigenvalue weighted by molar-refractivity contribution is -0.143. The van der Waals surface area contributed by atoms with E-state index in [4.69, 9.17) is 0 Å². The van der Waals surface area contributed by atoms with Crippen LogP contribution in [0.25, 0.3) is 11.8 Å². The highest BCUT2D eigenvalue weighted by molar-refractivity contribution is 7.89. The van der Waals surface area contributed by atoms with Crippen molar-refractivity contribution in [1.82, 2.24) is 23.9 Å². The number of benzene rings is 1. The third-order valence-corrected chi connectivity index (χ3v) is 9.39. The van der Waals surface area contributed by atoms with Crippen LogP contribution in [-0.2, 0) is 29.7 Å². The lowest BCUT2D eigenvalue weighted by Gasteiger charge is -2.37. The van der Waals surface area contributed by atoms with E-state index < -0.39 is 38.7 Å².